The molecule has 1 fully saturated rings. The Bertz CT molecular complexity index is 699. The van der Waals surface area contributed by atoms with E-state index in [0.29, 0.717) is 13.0 Å². The van der Waals surface area contributed by atoms with Crippen molar-refractivity contribution in [2.45, 2.75) is 38.3 Å². The third-order valence-corrected chi connectivity index (χ3v) is 4.14. The molecule has 1 saturated heterocycles. The van der Waals surface area contributed by atoms with Gasteiger partial charge >= 0.3 is 0 Å². The second-order valence-electron chi connectivity index (χ2n) is 6.05. The summed E-state index contributed by atoms with van der Waals surface area (Å²) in [6, 6.07) is 7.41. The highest BCUT2D eigenvalue weighted by Crippen LogP contribution is 2.15. The van der Waals surface area contributed by atoms with Crippen LogP contribution in [0.3, 0.4) is 0 Å². The van der Waals surface area contributed by atoms with Crippen LogP contribution in [0.5, 0.6) is 0 Å². The first-order chi connectivity index (χ1) is 12.5. The summed E-state index contributed by atoms with van der Waals surface area (Å²) in [7, 11) is 0. The summed E-state index contributed by atoms with van der Waals surface area (Å²) >= 11 is 0. The van der Waals surface area contributed by atoms with Gasteiger partial charge in [-0.05, 0) is 30.5 Å². The molecule has 0 bridgehead atoms. The standard InChI is InChI=1S/C18H21FN4O3/c19-14-5-3-13(4-6-14)11-21-16(24)7-8-17(25)22-12-18(26)23-9-1-2-15(23)10-20/h3-6,15H,1-2,7-9,11-12H2,(H,21,24)(H,22,25)/t15-/m0/s1. The Labute approximate surface area is 151 Å². The third kappa shape index (κ3) is 5.84. The van der Waals surface area contributed by atoms with Crippen LogP contribution in [0.1, 0.15) is 31.2 Å². The molecule has 1 heterocycles. The fourth-order valence-corrected chi connectivity index (χ4v) is 2.68. The minimum absolute atomic E-state index is 0.00818. The van der Waals surface area contributed by atoms with Crippen molar-refractivity contribution in [1.82, 2.24) is 15.5 Å². The van der Waals surface area contributed by atoms with Crippen LogP contribution in [-0.2, 0) is 20.9 Å². The number of hydrogen-bond acceptors (Lipinski definition) is 4. The van der Waals surface area contributed by atoms with Gasteiger partial charge in [-0.3, -0.25) is 14.4 Å². The summed E-state index contributed by atoms with van der Waals surface area (Å²) in [5.41, 5.74) is 0.757. The highest BCUT2D eigenvalue weighted by molar-refractivity contribution is 5.87. The molecule has 0 aliphatic carbocycles. The van der Waals surface area contributed by atoms with Crippen molar-refractivity contribution in [2.24, 2.45) is 0 Å². The van der Waals surface area contributed by atoms with Crippen LogP contribution in [0.4, 0.5) is 4.39 Å². The van der Waals surface area contributed by atoms with E-state index in [1.165, 1.54) is 17.0 Å². The Hall–Kier alpha value is -2.95. The number of amides is 3. The van der Waals surface area contributed by atoms with E-state index in [0.717, 1.165) is 12.0 Å². The molecule has 0 aromatic heterocycles. The number of rotatable bonds is 7. The summed E-state index contributed by atoms with van der Waals surface area (Å²) in [4.78, 5) is 37.0. The molecule has 8 heteroatoms. The lowest BCUT2D eigenvalue weighted by atomic mass is 10.2. The van der Waals surface area contributed by atoms with Crippen molar-refractivity contribution in [3.63, 3.8) is 0 Å². The van der Waals surface area contributed by atoms with Gasteiger partial charge in [-0.2, -0.15) is 5.26 Å². The largest absolute Gasteiger partial charge is 0.352 e. The Morgan fingerprint density at radius 2 is 1.81 bits per heavy atom. The monoisotopic (exact) mass is 360 g/mol. The van der Waals surface area contributed by atoms with Gasteiger partial charge < -0.3 is 15.5 Å². The fraction of sp³-hybridized carbons (Fsp3) is 0.444. The molecule has 0 radical (unpaired) electrons. The quantitative estimate of drug-likeness (QED) is 0.752. The highest BCUT2D eigenvalue weighted by Gasteiger charge is 2.28. The highest BCUT2D eigenvalue weighted by atomic mass is 19.1. The Balaban J connectivity index is 1.63. The van der Waals surface area contributed by atoms with Gasteiger partial charge in [0, 0.05) is 25.9 Å². The lowest BCUT2D eigenvalue weighted by Gasteiger charge is -2.19. The van der Waals surface area contributed by atoms with Crippen LogP contribution in [0, 0.1) is 17.1 Å². The zero-order valence-corrected chi connectivity index (χ0v) is 14.3. The molecule has 1 aliphatic heterocycles. The predicted molar refractivity (Wildman–Crippen MR) is 90.8 cm³/mol. The number of carbonyl (C=O) groups is 3. The van der Waals surface area contributed by atoms with Crippen LogP contribution >= 0.6 is 0 Å². The topological polar surface area (TPSA) is 102 Å². The smallest absolute Gasteiger partial charge is 0.243 e. The molecule has 7 nitrogen and oxygen atoms in total. The van der Waals surface area contributed by atoms with Gasteiger partial charge in [-0.25, -0.2) is 4.39 Å². The second kappa shape index (κ2) is 9.51. The Morgan fingerprint density at radius 1 is 1.15 bits per heavy atom. The van der Waals surface area contributed by atoms with Crippen LogP contribution in [0.15, 0.2) is 24.3 Å². The van der Waals surface area contributed by atoms with E-state index in [1.54, 1.807) is 12.1 Å². The maximum atomic E-state index is 12.8. The van der Waals surface area contributed by atoms with Crippen molar-refractivity contribution >= 4 is 17.7 Å². The number of likely N-dealkylation sites (tertiary alicyclic amines) is 1. The minimum Gasteiger partial charge on any atom is -0.352 e. The molecule has 0 unspecified atom stereocenters. The molecular weight excluding hydrogens is 339 g/mol. The van der Waals surface area contributed by atoms with Crippen molar-refractivity contribution < 1.29 is 18.8 Å². The normalized spacial score (nSPS) is 16.0. The van der Waals surface area contributed by atoms with Gasteiger partial charge in [-0.15, -0.1) is 0 Å². The van der Waals surface area contributed by atoms with Crippen LogP contribution < -0.4 is 10.6 Å². The van der Waals surface area contributed by atoms with E-state index in [9.17, 15) is 18.8 Å². The number of nitriles is 1. The average molecular weight is 360 g/mol. The molecular formula is C18H21FN4O3. The van der Waals surface area contributed by atoms with Gasteiger partial charge in [0.15, 0.2) is 0 Å². The van der Waals surface area contributed by atoms with E-state index in [-0.39, 0.29) is 43.6 Å². The molecule has 138 valence electrons. The van der Waals surface area contributed by atoms with E-state index in [2.05, 4.69) is 16.7 Å². The first-order valence-electron chi connectivity index (χ1n) is 8.46. The number of halogens is 1. The molecule has 1 atom stereocenters. The summed E-state index contributed by atoms with van der Waals surface area (Å²) in [5, 5.41) is 14.1. The summed E-state index contributed by atoms with van der Waals surface area (Å²) < 4.78 is 12.8. The van der Waals surface area contributed by atoms with Crippen LogP contribution in [0.25, 0.3) is 0 Å². The minimum atomic E-state index is -0.420. The molecule has 0 saturated carbocycles. The number of benzene rings is 1. The first kappa shape index (κ1) is 19.4. The summed E-state index contributed by atoms with van der Waals surface area (Å²) in [5.74, 6) is -1.34. The Kier molecular flexibility index (Phi) is 7.09. The number of hydrogen-bond donors (Lipinski definition) is 2. The van der Waals surface area contributed by atoms with Crippen molar-refractivity contribution in [3.8, 4) is 6.07 Å². The second-order valence-corrected chi connectivity index (χ2v) is 6.05. The van der Waals surface area contributed by atoms with E-state index in [1.807, 2.05) is 0 Å². The molecule has 2 rings (SSSR count). The van der Waals surface area contributed by atoms with Crippen molar-refractivity contribution in [1.29, 1.82) is 5.26 Å². The van der Waals surface area contributed by atoms with Gasteiger partial charge in [0.1, 0.15) is 11.9 Å². The molecule has 1 aromatic rings. The van der Waals surface area contributed by atoms with Crippen molar-refractivity contribution in [3.05, 3.63) is 35.6 Å². The lowest BCUT2D eigenvalue weighted by molar-refractivity contribution is -0.133. The van der Waals surface area contributed by atoms with Crippen molar-refractivity contribution in [2.75, 3.05) is 13.1 Å². The fourth-order valence-electron chi connectivity index (χ4n) is 2.68. The molecule has 1 aromatic carbocycles. The third-order valence-electron chi connectivity index (χ3n) is 4.14. The first-order valence-corrected chi connectivity index (χ1v) is 8.46. The summed E-state index contributed by atoms with van der Waals surface area (Å²) in [6.07, 6.45) is 1.40. The predicted octanol–water partition coefficient (Wildman–Crippen LogP) is 0.853. The number of nitrogens with zero attached hydrogens (tertiary/aromatic N) is 2. The van der Waals surface area contributed by atoms with E-state index >= 15 is 0 Å². The van der Waals surface area contributed by atoms with E-state index in [4.69, 9.17) is 5.26 Å². The molecule has 1 aliphatic rings. The zero-order valence-electron chi connectivity index (χ0n) is 14.3. The molecule has 3 amide bonds. The molecule has 0 spiro atoms. The maximum Gasteiger partial charge on any atom is 0.243 e. The average Bonchev–Trinajstić information content (AvgIpc) is 3.12. The van der Waals surface area contributed by atoms with Crippen LogP contribution in [0.2, 0.25) is 0 Å². The SMILES string of the molecule is N#C[C@@H]1CCCN1C(=O)CNC(=O)CCC(=O)NCc1ccc(F)cc1. The van der Waals surface area contributed by atoms with Gasteiger partial charge in [0.05, 0.1) is 12.6 Å². The van der Waals surface area contributed by atoms with Gasteiger partial charge in [-0.1, -0.05) is 12.1 Å². The van der Waals surface area contributed by atoms with E-state index < -0.39 is 11.9 Å². The summed E-state index contributed by atoms with van der Waals surface area (Å²) in [6.45, 7) is 0.608. The number of carbonyl (C=O) groups excluding carboxylic acids is 3. The molecule has 2 N–H and O–H groups in total. The molecule has 26 heavy (non-hydrogen) atoms. The van der Waals surface area contributed by atoms with Crippen LogP contribution in [-0.4, -0.2) is 41.8 Å². The van der Waals surface area contributed by atoms with Gasteiger partial charge in [0.25, 0.3) is 0 Å². The number of nitrogens with one attached hydrogen (secondary N) is 2. The van der Waals surface area contributed by atoms with Gasteiger partial charge in [0.2, 0.25) is 17.7 Å². The zero-order chi connectivity index (χ0) is 18.9. The lowest BCUT2D eigenvalue weighted by Crippen LogP contribution is -2.42. The Morgan fingerprint density at radius 3 is 2.46 bits per heavy atom. The maximum absolute atomic E-state index is 12.8.